The zero-order chi connectivity index (χ0) is 17.0. The second kappa shape index (κ2) is 7.21. The first-order valence-corrected chi connectivity index (χ1v) is 8.26. The zero-order valence-electron chi connectivity index (χ0n) is 14.5. The average molecular weight is 320 g/mol. The summed E-state index contributed by atoms with van der Waals surface area (Å²) in [4.78, 5) is 13.9. The van der Waals surface area contributed by atoms with E-state index in [0.29, 0.717) is 19.7 Å². The molecule has 0 unspecified atom stereocenters. The number of rotatable bonds is 3. The number of hydrogen-bond donors (Lipinski definition) is 1. The lowest BCUT2D eigenvalue weighted by Crippen LogP contribution is -2.50. The number of carbonyl (C=O) groups excluding carboxylic acids is 1. The third-order valence-electron chi connectivity index (χ3n) is 3.93. The van der Waals surface area contributed by atoms with Crippen molar-refractivity contribution in [1.82, 2.24) is 4.90 Å². The molecule has 1 aliphatic rings. The van der Waals surface area contributed by atoms with Gasteiger partial charge in [-0.2, -0.15) is 0 Å². The second-order valence-corrected chi connectivity index (χ2v) is 6.99. The molecule has 2 N–H and O–H groups in total. The Morgan fingerprint density at radius 1 is 1.30 bits per heavy atom. The zero-order valence-corrected chi connectivity index (χ0v) is 14.5. The van der Waals surface area contributed by atoms with E-state index in [0.717, 1.165) is 12.2 Å². The minimum Gasteiger partial charge on any atom is -0.494 e. The van der Waals surface area contributed by atoms with E-state index in [-0.39, 0.29) is 18.1 Å². The minimum atomic E-state index is -0.479. The summed E-state index contributed by atoms with van der Waals surface area (Å²) in [5.74, 6) is 1.13. The Labute approximate surface area is 138 Å². The fraction of sp³-hybridized carbons (Fsp3) is 0.611. The molecule has 1 aliphatic heterocycles. The van der Waals surface area contributed by atoms with Gasteiger partial charge in [0.05, 0.1) is 6.61 Å². The summed E-state index contributed by atoms with van der Waals surface area (Å²) in [6, 6.07) is 8.00. The Morgan fingerprint density at radius 2 is 1.96 bits per heavy atom. The molecule has 1 fully saturated rings. The van der Waals surface area contributed by atoms with Gasteiger partial charge in [-0.3, -0.25) is 0 Å². The molecular formula is C18H28N2O3. The van der Waals surface area contributed by atoms with Crippen LogP contribution in [0.4, 0.5) is 4.79 Å². The van der Waals surface area contributed by atoms with E-state index in [1.807, 2.05) is 39.8 Å². The number of nitrogens with two attached hydrogens (primary N) is 1. The number of nitrogens with zero attached hydrogens (tertiary/aromatic N) is 1. The van der Waals surface area contributed by atoms with Crippen molar-refractivity contribution in [2.75, 3.05) is 19.7 Å². The molecule has 5 heteroatoms. The summed E-state index contributed by atoms with van der Waals surface area (Å²) in [6.45, 7) is 9.43. The Balaban J connectivity index is 1.97. The minimum absolute atomic E-state index is 0.0887. The van der Waals surface area contributed by atoms with Crippen LogP contribution in [0.2, 0.25) is 0 Å². The van der Waals surface area contributed by atoms with Gasteiger partial charge in [-0.1, -0.05) is 12.1 Å². The molecule has 2 atom stereocenters. The van der Waals surface area contributed by atoms with Gasteiger partial charge in [-0.15, -0.1) is 0 Å². The maximum absolute atomic E-state index is 12.2. The van der Waals surface area contributed by atoms with Crippen LogP contribution in [0.1, 0.15) is 45.6 Å². The van der Waals surface area contributed by atoms with E-state index in [9.17, 15) is 4.79 Å². The van der Waals surface area contributed by atoms with Gasteiger partial charge >= 0.3 is 6.09 Å². The summed E-state index contributed by atoms with van der Waals surface area (Å²) >= 11 is 0. The molecule has 0 spiro atoms. The highest BCUT2D eigenvalue weighted by atomic mass is 16.6. The van der Waals surface area contributed by atoms with E-state index < -0.39 is 5.60 Å². The number of benzene rings is 1. The van der Waals surface area contributed by atoms with E-state index in [2.05, 4.69) is 12.1 Å². The summed E-state index contributed by atoms with van der Waals surface area (Å²) in [7, 11) is 0. The van der Waals surface area contributed by atoms with Crippen molar-refractivity contribution < 1.29 is 14.3 Å². The summed E-state index contributed by atoms with van der Waals surface area (Å²) in [5.41, 5.74) is 7.04. The van der Waals surface area contributed by atoms with Crippen LogP contribution in [0.5, 0.6) is 5.75 Å². The lowest BCUT2D eigenvalue weighted by molar-refractivity contribution is 0.0186. The van der Waals surface area contributed by atoms with Crippen molar-refractivity contribution >= 4 is 6.09 Å². The van der Waals surface area contributed by atoms with E-state index in [1.165, 1.54) is 5.56 Å². The summed E-state index contributed by atoms with van der Waals surface area (Å²) < 4.78 is 10.9. The predicted molar refractivity (Wildman–Crippen MR) is 90.8 cm³/mol. The number of amides is 1. The van der Waals surface area contributed by atoms with E-state index in [1.54, 1.807) is 4.90 Å². The van der Waals surface area contributed by atoms with Crippen molar-refractivity contribution in [3.63, 3.8) is 0 Å². The largest absolute Gasteiger partial charge is 0.494 e. The van der Waals surface area contributed by atoms with Crippen LogP contribution in [-0.4, -0.2) is 42.3 Å². The molecule has 1 aromatic carbocycles. The van der Waals surface area contributed by atoms with E-state index >= 15 is 0 Å². The van der Waals surface area contributed by atoms with Crippen LogP contribution < -0.4 is 10.5 Å². The Hall–Kier alpha value is -1.75. The molecule has 0 saturated carbocycles. The first kappa shape index (κ1) is 17.6. The average Bonchev–Trinajstić information content (AvgIpc) is 2.47. The molecule has 1 heterocycles. The summed E-state index contributed by atoms with van der Waals surface area (Å²) in [5, 5.41) is 0. The van der Waals surface area contributed by atoms with Gasteiger partial charge in [0.2, 0.25) is 0 Å². The Morgan fingerprint density at radius 3 is 2.48 bits per heavy atom. The monoisotopic (exact) mass is 320 g/mol. The molecule has 0 radical (unpaired) electrons. The third kappa shape index (κ3) is 4.86. The quantitative estimate of drug-likeness (QED) is 0.929. The third-order valence-corrected chi connectivity index (χ3v) is 3.93. The number of ether oxygens (including phenoxy) is 2. The van der Waals surface area contributed by atoms with Gasteiger partial charge in [0, 0.05) is 25.0 Å². The molecule has 5 nitrogen and oxygen atoms in total. The highest BCUT2D eigenvalue weighted by Crippen LogP contribution is 2.29. The predicted octanol–water partition coefficient (Wildman–Crippen LogP) is 3.14. The van der Waals surface area contributed by atoms with Crippen LogP contribution >= 0.6 is 0 Å². The lowest BCUT2D eigenvalue weighted by atomic mass is 9.86. The summed E-state index contributed by atoms with van der Waals surface area (Å²) in [6.07, 6.45) is 0.562. The molecule has 128 valence electrons. The smallest absolute Gasteiger partial charge is 0.410 e. The normalized spacial score (nSPS) is 21.9. The highest BCUT2D eigenvalue weighted by Gasteiger charge is 2.32. The molecule has 1 aromatic rings. The van der Waals surface area contributed by atoms with E-state index in [4.69, 9.17) is 15.2 Å². The molecule has 0 aliphatic carbocycles. The molecule has 23 heavy (non-hydrogen) atoms. The molecule has 1 saturated heterocycles. The fourth-order valence-corrected chi connectivity index (χ4v) is 2.87. The highest BCUT2D eigenvalue weighted by molar-refractivity contribution is 5.68. The first-order chi connectivity index (χ1) is 10.8. The Kier molecular flexibility index (Phi) is 5.52. The van der Waals surface area contributed by atoms with Gasteiger partial charge in [0.15, 0.2) is 0 Å². The maximum Gasteiger partial charge on any atom is 0.410 e. The lowest BCUT2D eigenvalue weighted by Gasteiger charge is -2.37. The van der Waals surface area contributed by atoms with Crippen LogP contribution in [-0.2, 0) is 4.74 Å². The first-order valence-electron chi connectivity index (χ1n) is 8.26. The SMILES string of the molecule is CCOc1ccc([C@H]2CCN(C(=O)OC(C)(C)C)C[C@@H]2N)cc1. The second-order valence-electron chi connectivity index (χ2n) is 6.99. The number of hydrogen-bond acceptors (Lipinski definition) is 4. The van der Waals surface area contributed by atoms with Gasteiger partial charge in [-0.05, 0) is 51.8 Å². The van der Waals surface area contributed by atoms with Gasteiger partial charge < -0.3 is 20.1 Å². The maximum atomic E-state index is 12.2. The molecule has 0 bridgehead atoms. The fourth-order valence-electron chi connectivity index (χ4n) is 2.87. The van der Waals surface area contributed by atoms with Crippen molar-refractivity contribution in [3.8, 4) is 5.75 Å². The topological polar surface area (TPSA) is 64.8 Å². The number of carbonyl (C=O) groups is 1. The molecule has 2 rings (SSSR count). The Bertz CT molecular complexity index is 522. The molecule has 1 amide bonds. The molecular weight excluding hydrogens is 292 g/mol. The van der Waals surface area contributed by atoms with Crippen molar-refractivity contribution in [3.05, 3.63) is 29.8 Å². The van der Waals surface area contributed by atoms with Crippen LogP contribution in [0.15, 0.2) is 24.3 Å². The number of likely N-dealkylation sites (tertiary alicyclic amines) is 1. The van der Waals surface area contributed by atoms with Crippen LogP contribution in [0, 0.1) is 0 Å². The standard InChI is InChI=1S/C18H28N2O3/c1-5-22-14-8-6-13(7-9-14)15-10-11-20(12-16(15)19)17(21)23-18(2,3)4/h6-9,15-16H,5,10-12,19H2,1-4H3/t15-,16+/m1/s1. The van der Waals surface area contributed by atoms with Crippen LogP contribution in [0.25, 0.3) is 0 Å². The van der Waals surface area contributed by atoms with Crippen LogP contribution in [0.3, 0.4) is 0 Å². The molecule has 0 aromatic heterocycles. The van der Waals surface area contributed by atoms with Crippen molar-refractivity contribution in [1.29, 1.82) is 0 Å². The number of piperidine rings is 1. The van der Waals surface area contributed by atoms with Crippen molar-refractivity contribution in [2.45, 2.75) is 51.7 Å². The van der Waals surface area contributed by atoms with Gasteiger partial charge in [0.25, 0.3) is 0 Å². The van der Waals surface area contributed by atoms with Gasteiger partial charge in [-0.25, -0.2) is 4.79 Å². The van der Waals surface area contributed by atoms with Gasteiger partial charge in [0.1, 0.15) is 11.4 Å². The van der Waals surface area contributed by atoms with Crippen molar-refractivity contribution in [2.24, 2.45) is 5.73 Å².